The maximum absolute atomic E-state index is 8.98. The molecule has 0 saturated carbocycles. The molecule has 0 aromatic carbocycles. The first-order valence-electron chi connectivity index (χ1n) is 3.58. The van der Waals surface area contributed by atoms with Crippen molar-refractivity contribution in [2.75, 3.05) is 18.5 Å². The van der Waals surface area contributed by atoms with Crippen molar-refractivity contribution in [2.24, 2.45) is 0 Å². The summed E-state index contributed by atoms with van der Waals surface area (Å²) in [5.41, 5.74) is -0.751. The van der Waals surface area contributed by atoms with E-state index in [-0.39, 0.29) is 13.2 Å². The largest absolute Gasteiger partial charge is 0.394 e. The van der Waals surface area contributed by atoms with E-state index in [1.54, 1.807) is 6.92 Å². The lowest BCUT2D eigenvalue weighted by Gasteiger charge is -2.25. The third kappa shape index (κ3) is 2.87. The third-order valence-corrected chi connectivity index (χ3v) is 2.78. The Morgan fingerprint density at radius 2 is 2.08 bits per heavy atom. The molecular formula is C6H10BrN3O2S. The molecule has 0 bridgehead atoms. The second-order valence-electron chi connectivity index (χ2n) is 2.86. The summed E-state index contributed by atoms with van der Waals surface area (Å²) in [6.45, 7) is 1.36. The maximum atomic E-state index is 8.98. The third-order valence-electron chi connectivity index (χ3n) is 1.51. The molecular weight excluding hydrogens is 258 g/mol. The molecule has 74 valence electrons. The lowest BCUT2D eigenvalue weighted by Crippen LogP contribution is -2.42. The van der Waals surface area contributed by atoms with E-state index in [0.717, 1.165) is 0 Å². The van der Waals surface area contributed by atoms with Crippen LogP contribution in [0.2, 0.25) is 0 Å². The fraction of sp³-hybridized carbons (Fsp3) is 0.667. The number of hydrogen-bond acceptors (Lipinski definition) is 6. The molecule has 0 amide bonds. The van der Waals surface area contributed by atoms with Crippen LogP contribution in [0.1, 0.15) is 6.92 Å². The molecule has 3 N–H and O–H groups in total. The van der Waals surface area contributed by atoms with E-state index in [9.17, 15) is 0 Å². The quantitative estimate of drug-likeness (QED) is 0.739. The highest BCUT2D eigenvalue weighted by Gasteiger charge is 2.23. The Morgan fingerprint density at radius 1 is 1.46 bits per heavy atom. The van der Waals surface area contributed by atoms with Crippen LogP contribution in [0.3, 0.4) is 0 Å². The molecule has 13 heavy (non-hydrogen) atoms. The maximum Gasteiger partial charge on any atom is 0.207 e. The van der Waals surface area contributed by atoms with Gasteiger partial charge in [0.25, 0.3) is 0 Å². The first-order valence-corrected chi connectivity index (χ1v) is 5.19. The highest BCUT2D eigenvalue weighted by molar-refractivity contribution is 9.11. The fourth-order valence-corrected chi connectivity index (χ4v) is 1.80. The zero-order valence-electron chi connectivity index (χ0n) is 6.99. The number of aliphatic hydroxyl groups is 2. The van der Waals surface area contributed by atoms with Gasteiger partial charge in [-0.05, 0) is 22.9 Å². The average molecular weight is 268 g/mol. The van der Waals surface area contributed by atoms with Gasteiger partial charge in [0.2, 0.25) is 5.13 Å². The van der Waals surface area contributed by atoms with Gasteiger partial charge in [-0.25, -0.2) is 0 Å². The fourth-order valence-electron chi connectivity index (χ4n) is 0.643. The summed E-state index contributed by atoms with van der Waals surface area (Å²) in [5, 5.41) is 28.9. The van der Waals surface area contributed by atoms with Crippen molar-refractivity contribution < 1.29 is 10.2 Å². The summed E-state index contributed by atoms with van der Waals surface area (Å²) in [7, 11) is 0. The molecule has 1 aromatic heterocycles. The predicted octanol–water partition coefficient (Wildman–Crippen LogP) is 0.456. The van der Waals surface area contributed by atoms with Crippen LogP contribution in [0.4, 0.5) is 5.13 Å². The van der Waals surface area contributed by atoms with Crippen molar-refractivity contribution in [3.63, 3.8) is 0 Å². The van der Waals surface area contributed by atoms with Crippen LogP contribution in [-0.2, 0) is 0 Å². The summed E-state index contributed by atoms with van der Waals surface area (Å²) >= 11 is 4.47. The Bertz CT molecular complexity index is 277. The number of anilines is 1. The minimum Gasteiger partial charge on any atom is -0.394 e. The molecule has 1 heterocycles. The van der Waals surface area contributed by atoms with Gasteiger partial charge >= 0.3 is 0 Å². The van der Waals surface area contributed by atoms with Gasteiger partial charge in [0.1, 0.15) is 0 Å². The number of nitrogens with zero attached hydrogens (tertiary/aromatic N) is 2. The topological polar surface area (TPSA) is 78.3 Å². The molecule has 0 radical (unpaired) electrons. The molecule has 7 heteroatoms. The summed E-state index contributed by atoms with van der Waals surface area (Å²) in [4.78, 5) is 0. The van der Waals surface area contributed by atoms with E-state index in [4.69, 9.17) is 10.2 Å². The molecule has 0 aliphatic carbocycles. The normalized spacial score (nSPS) is 11.7. The summed E-state index contributed by atoms with van der Waals surface area (Å²) in [6.07, 6.45) is 0. The van der Waals surface area contributed by atoms with Crippen molar-refractivity contribution in [3.8, 4) is 0 Å². The van der Waals surface area contributed by atoms with Gasteiger partial charge in [0.05, 0.1) is 18.8 Å². The lowest BCUT2D eigenvalue weighted by atomic mass is 10.1. The lowest BCUT2D eigenvalue weighted by molar-refractivity contribution is 0.147. The van der Waals surface area contributed by atoms with Gasteiger partial charge < -0.3 is 15.5 Å². The number of nitrogens with one attached hydrogen (secondary N) is 1. The smallest absolute Gasteiger partial charge is 0.207 e. The Morgan fingerprint density at radius 3 is 2.46 bits per heavy atom. The van der Waals surface area contributed by atoms with Crippen LogP contribution in [0.5, 0.6) is 0 Å². The highest BCUT2D eigenvalue weighted by atomic mass is 79.9. The second-order valence-corrected chi connectivity index (χ2v) is 5.12. The Hall–Kier alpha value is -0.240. The van der Waals surface area contributed by atoms with E-state index in [0.29, 0.717) is 9.05 Å². The molecule has 0 atom stereocenters. The van der Waals surface area contributed by atoms with Crippen LogP contribution in [0.25, 0.3) is 0 Å². The minimum absolute atomic E-state index is 0.166. The van der Waals surface area contributed by atoms with E-state index >= 15 is 0 Å². The minimum atomic E-state index is -0.751. The summed E-state index contributed by atoms with van der Waals surface area (Å²) < 4.78 is 0.660. The van der Waals surface area contributed by atoms with E-state index in [1.807, 2.05) is 0 Å². The standard InChI is InChI=1S/C6H10BrN3O2S/c1-6(2-11,3-12)8-5-10-9-4(7)13-5/h11-12H,2-3H2,1H3,(H,8,10). The first kappa shape index (κ1) is 10.8. The number of rotatable bonds is 4. The monoisotopic (exact) mass is 267 g/mol. The second kappa shape index (κ2) is 4.32. The Labute approximate surface area is 87.9 Å². The molecule has 0 saturated heterocycles. The molecule has 0 fully saturated rings. The summed E-state index contributed by atoms with van der Waals surface area (Å²) in [5.74, 6) is 0. The zero-order chi connectivity index (χ0) is 9.90. The molecule has 0 spiro atoms. The first-order chi connectivity index (χ1) is 6.09. The van der Waals surface area contributed by atoms with Crippen molar-refractivity contribution in [3.05, 3.63) is 3.92 Å². The number of aromatic nitrogens is 2. The zero-order valence-corrected chi connectivity index (χ0v) is 9.39. The van der Waals surface area contributed by atoms with Gasteiger partial charge in [-0.15, -0.1) is 10.2 Å². The van der Waals surface area contributed by atoms with Crippen molar-refractivity contribution >= 4 is 32.4 Å². The van der Waals surface area contributed by atoms with Gasteiger partial charge in [-0.3, -0.25) is 0 Å². The van der Waals surface area contributed by atoms with Crippen molar-refractivity contribution in [1.29, 1.82) is 0 Å². The predicted molar refractivity (Wildman–Crippen MR) is 53.8 cm³/mol. The number of halogens is 1. The van der Waals surface area contributed by atoms with Crippen LogP contribution >= 0.6 is 27.3 Å². The van der Waals surface area contributed by atoms with Gasteiger partial charge in [-0.2, -0.15) is 0 Å². The SMILES string of the molecule is CC(CO)(CO)Nc1nnc(Br)s1. The number of aliphatic hydroxyl groups excluding tert-OH is 2. The molecule has 0 aliphatic rings. The molecule has 1 rings (SSSR count). The van der Waals surface area contributed by atoms with E-state index < -0.39 is 5.54 Å². The van der Waals surface area contributed by atoms with Gasteiger partial charge in [0, 0.05) is 0 Å². The van der Waals surface area contributed by atoms with Gasteiger partial charge in [-0.1, -0.05) is 11.3 Å². The van der Waals surface area contributed by atoms with Crippen LogP contribution in [0.15, 0.2) is 3.92 Å². The Kier molecular flexibility index (Phi) is 3.60. The Balaban J connectivity index is 2.67. The molecule has 1 aromatic rings. The molecule has 0 unspecified atom stereocenters. The molecule has 5 nitrogen and oxygen atoms in total. The van der Waals surface area contributed by atoms with Crippen LogP contribution < -0.4 is 5.32 Å². The van der Waals surface area contributed by atoms with Crippen molar-refractivity contribution in [2.45, 2.75) is 12.5 Å². The van der Waals surface area contributed by atoms with Crippen LogP contribution in [-0.4, -0.2) is 39.2 Å². The number of hydrogen-bond donors (Lipinski definition) is 3. The summed E-state index contributed by atoms with van der Waals surface area (Å²) in [6, 6.07) is 0. The van der Waals surface area contributed by atoms with E-state index in [1.165, 1.54) is 11.3 Å². The molecule has 0 aliphatic heterocycles. The van der Waals surface area contributed by atoms with Crippen molar-refractivity contribution in [1.82, 2.24) is 10.2 Å². The van der Waals surface area contributed by atoms with Gasteiger partial charge in [0.15, 0.2) is 3.92 Å². The highest BCUT2D eigenvalue weighted by Crippen LogP contribution is 2.22. The van der Waals surface area contributed by atoms with Crippen LogP contribution in [0, 0.1) is 0 Å². The average Bonchev–Trinajstić information content (AvgIpc) is 2.51. The van der Waals surface area contributed by atoms with E-state index in [2.05, 4.69) is 31.4 Å².